The molecule has 1 atom stereocenters. The fraction of sp³-hybridized carbons (Fsp3) is 0.500. The monoisotopic (exact) mass is 315 g/mol. The predicted molar refractivity (Wildman–Crippen MR) is 74.1 cm³/mol. The van der Waals surface area contributed by atoms with Gasteiger partial charge in [-0.3, -0.25) is 4.79 Å². The topological polar surface area (TPSA) is 118 Å². The summed E-state index contributed by atoms with van der Waals surface area (Å²) in [6.07, 6.45) is 1.91. The Bertz CT molecular complexity index is 596. The van der Waals surface area contributed by atoms with Crippen LogP contribution in [-0.4, -0.2) is 44.4 Å². The Morgan fingerprint density at radius 3 is 2.76 bits per heavy atom. The van der Waals surface area contributed by atoms with Crippen molar-refractivity contribution < 1.29 is 22.4 Å². The average Bonchev–Trinajstić information content (AvgIpc) is 3.03. The SMILES string of the molecule is O=C(CNC(=O)N[C@@H]1CCS(=O)(=O)C1)NCc1ccco1. The van der Waals surface area contributed by atoms with E-state index in [0.717, 1.165) is 0 Å². The Kier molecular flexibility index (Phi) is 4.84. The fourth-order valence-corrected chi connectivity index (χ4v) is 3.64. The van der Waals surface area contributed by atoms with Gasteiger partial charge in [0.25, 0.3) is 0 Å². The summed E-state index contributed by atoms with van der Waals surface area (Å²) in [6, 6.07) is 2.50. The lowest BCUT2D eigenvalue weighted by Crippen LogP contribution is -2.46. The maximum absolute atomic E-state index is 11.5. The smallest absolute Gasteiger partial charge is 0.315 e. The lowest BCUT2D eigenvalue weighted by molar-refractivity contribution is -0.120. The van der Waals surface area contributed by atoms with E-state index in [2.05, 4.69) is 16.0 Å². The van der Waals surface area contributed by atoms with E-state index in [-0.39, 0.29) is 36.5 Å². The van der Waals surface area contributed by atoms with Gasteiger partial charge in [0.15, 0.2) is 9.84 Å². The first kappa shape index (κ1) is 15.4. The highest BCUT2D eigenvalue weighted by molar-refractivity contribution is 7.91. The molecule has 116 valence electrons. The fourth-order valence-electron chi connectivity index (χ4n) is 1.97. The summed E-state index contributed by atoms with van der Waals surface area (Å²) in [5.41, 5.74) is 0. The van der Waals surface area contributed by atoms with Crippen molar-refractivity contribution in [3.05, 3.63) is 24.2 Å². The minimum absolute atomic E-state index is 0.0505. The van der Waals surface area contributed by atoms with Crippen LogP contribution in [0.15, 0.2) is 22.8 Å². The second kappa shape index (κ2) is 6.61. The highest BCUT2D eigenvalue weighted by Crippen LogP contribution is 2.10. The van der Waals surface area contributed by atoms with Crippen molar-refractivity contribution in [2.45, 2.75) is 19.0 Å². The Labute approximate surface area is 122 Å². The van der Waals surface area contributed by atoms with Gasteiger partial charge in [0, 0.05) is 6.04 Å². The highest BCUT2D eigenvalue weighted by Gasteiger charge is 2.28. The molecule has 3 amide bonds. The number of nitrogens with one attached hydrogen (secondary N) is 3. The zero-order chi connectivity index (χ0) is 15.3. The van der Waals surface area contributed by atoms with Gasteiger partial charge >= 0.3 is 6.03 Å². The summed E-state index contributed by atoms with van der Waals surface area (Å²) in [7, 11) is -3.04. The summed E-state index contributed by atoms with van der Waals surface area (Å²) in [4.78, 5) is 23.0. The first-order valence-electron chi connectivity index (χ1n) is 6.48. The number of urea groups is 1. The van der Waals surface area contributed by atoms with Crippen LogP contribution in [0.3, 0.4) is 0 Å². The van der Waals surface area contributed by atoms with E-state index in [1.807, 2.05) is 0 Å². The minimum atomic E-state index is -3.04. The van der Waals surface area contributed by atoms with Crippen molar-refractivity contribution in [2.75, 3.05) is 18.1 Å². The van der Waals surface area contributed by atoms with E-state index in [1.165, 1.54) is 6.26 Å². The molecule has 0 saturated carbocycles. The number of furan rings is 1. The third-order valence-electron chi connectivity index (χ3n) is 3.02. The Morgan fingerprint density at radius 2 is 2.14 bits per heavy atom. The van der Waals surface area contributed by atoms with E-state index in [1.54, 1.807) is 12.1 Å². The molecule has 3 N–H and O–H groups in total. The molecule has 1 aliphatic heterocycles. The minimum Gasteiger partial charge on any atom is -0.467 e. The van der Waals surface area contributed by atoms with Crippen molar-refractivity contribution in [1.29, 1.82) is 0 Å². The zero-order valence-corrected chi connectivity index (χ0v) is 12.1. The van der Waals surface area contributed by atoms with E-state index < -0.39 is 15.9 Å². The third-order valence-corrected chi connectivity index (χ3v) is 4.78. The van der Waals surface area contributed by atoms with E-state index >= 15 is 0 Å². The number of carbonyl (C=O) groups is 2. The highest BCUT2D eigenvalue weighted by atomic mass is 32.2. The summed E-state index contributed by atoms with van der Waals surface area (Å²) < 4.78 is 27.5. The van der Waals surface area contributed by atoms with Gasteiger partial charge in [0.2, 0.25) is 5.91 Å². The molecule has 1 aromatic heterocycles. The van der Waals surface area contributed by atoms with Crippen LogP contribution in [-0.2, 0) is 21.2 Å². The maximum atomic E-state index is 11.5. The van der Waals surface area contributed by atoms with E-state index in [0.29, 0.717) is 12.2 Å². The van der Waals surface area contributed by atoms with Crippen LogP contribution >= 0.6 is 0 Å². The molecule has 0 bridgehead atoms. The average molecular weight is 315 g/mol. The van der Waals surface area contributed by atoms with Gasteiger partial charge in [-0.25, -0.2) is 13.2 Å². The van der Waals surface area contributed by atoms with Crippen molar-refractivity contribution in [3.8, 4) is 0 Å². The number of carbonyl (C=O) groups excluding carboxylic acids is 2. The van der Waals surface area contributed by atoms with Crippen LogP contribution in [0.4, 0.5) is 4.79 Å². The Morgan fingerprint density at radius 1 is 1.33 bits per heavy atom. The van der Waals surface area contributed by atoms with Gasteiger partial charge in [0.1, 0.15) is 5.76 Å². The third kappa shape index (κ3) is 5.10. The molecule has 2 rings (SSSR count). The predicted octanol–water partition coefficient (Wildman–Crippen LogP) is -0.618. The normalized spacial score (nSPS) is 19.9. The van der Waals surface area contributed by atoms with Crippen LogP contribution in [0.5, 0.6) is 0 Å². The molecule has 1 saturated heterocycles. The molecular formula is C12H17N3O5S. The molecule has 2 heterocycles. The van der Waals surface area contributed by atoms with Crippen LogP contribution < -0.4 is 16.0 Å². The summed E-state index contributed by atoms with van der Waals surface area (Å²) in [5.74, 6) is 0.289. The molecule has 0 spiro atoms. The lowest BCUT2D eigenvalue weighted by atomic mass is 10.3. The summed E-state index contributed by atoms with van der Waals surface area (Å²) in [5, 5.41) is 7.49. The van der Waals surface area contributed by atoms with Crippen LogP contribution in [0.25, 0.3) is 0 Å². The standard InChI is InChI=1S/C12H17N3O5S/c16-11(13-6-10-2-1-4-20-10)7-14-12(17)15-9-3-5-21(18,19)8-9/h1-2,4,9H,3,5-8H2,(H,13,16)(H2,14,15,17)/t9-/m1/s1. The Hall–Kier alpha value is -2.03. The van der Waals surface area contributed by atoms with Gasteiger partial charge < -0.3 is 20.4 Å². The van der Waals surface area contributed by atoms with Gasteiger partial charge in [-0.1, -0.05) is 0 Å². The second-order valence-corrected chi connectivity index (χ2v) is 7.01. The van der Waals surface area contributed by atoms with Gasteiger partial charge in [-0.05, 0) is 18.6 Å². The molecule has 0 aliphatic carbocycles. The quantitative estimate of drug-likeness (QED) is 0.669. The molecule has 21 heavy (non-hydrogen) atoms. The second-order valence-electron chi connectivity index (χ2n) is 4.78. The first-order valence-corrected chi connectivity index (χ1v) is 8.30. The molecule has 0 aromatic carbocycles. The van der Waals surface area contributed by atoms with Gasteiger partial charge in [-0.15, -0.1) is 0 Å². The summed E-state index contributed by atoms with van der Waals surface area (Å²) >= 11 is 0. The molecular weight excluding hydrogens is 298 g/mol. The summed E-state index contributed by atoms with van der Waals surface area (Å²) in [6.45, 7) is 0.0576. The Balaban J connectivity index is 1.63. The molecule has 9 heteroatoms. The number of hydrogen-bond acceptors (Lipinski definition) is 5. The van der Waals surface area contributed by atoms with E-state index in [9.17, 15) is 18.0 Å². The molecule has 1 aromatic rings. The van der Waals surface area contributed by atoms with Crippen molar-refractivity contribution in [1.82, 2.24) is 16.0 Å². The molecule has 8 nitrogen and oxygen atoms in total. The first-order chi connectivity index (χ1) is 9.94. The lowest BCUT2D eigenvalue weighted by Gasteiger charge is -2.11. The zero-order valence-electron chi connectivity index (χ0n) is 11.3. The molecule has 0 radical (unpaired) electrons. The number of hydrogen-bond donors (Lipinski definition) is 3. The van der Waals surface area contributed by atoms with Crippen molar-refractivity contribution >= 4 is 21.8 Å². The van der Waals surface area contributed by atoms with Crippen LogP contribution in [0, 0.1) is 0 Å². The number of sulfone groups is 1. The molecule has 1 aliphatic rings. The maximum Gasteiger partial charge on any atom is 0.315 e. The number of rotatable bonds is 5. The van der Waals surface area contributed by atoms with Crippen molar-refractivity contribution in [2.24, 2.45) is 0 Å². The van der Waals surface area contributed by atoms with Gasteiger partial charge in [-0.2, -0.15) is 0 Å². The van der Waals surface area contributed by atoms with Crippen LogP contribution in [0.1, 0.15) is 12.2 Å². The van der Waals surface area contributed by atoms with Crippen LogP contribution in [0.2, 0.25) is 0 Å². The van der Waals surface area contributed by atoms with Gasteiger partial charge in [0.05, 0.1) is 30.9 Å². The largest absolute Gasteiger partial charge is 0.467 e. The van der Waals surface area contributed by atoms with E-state index in [4.69, 9.17) is 4.42 Å². The molecule has 0 unspecified atom stereocenters. The number of amides is 3. The van der Waals surface area contributed by atoms with Crippen molar-refractivity contribution in [3.63, 3.8) is 0 Å². The molecule has 1 fully saturated rings.